The van der Waals surface area contributed by atoms with Gasteiger partial charge in [-0.15, -0.1) is 0 Å². The molecule has 64 heavy (non-hydrogen) atoms. The van der Waals surface area contributed by atoms with E-state index >= 15 is 0 Å². The van der Waals surface area contributed by atoms with Crippen LogP contribution >= 0.6 is 0 Å². The summed E-state index contributed by atoms with van der Waals surface area (Å²) in [5, 5.41) is 2.39. The highest BCUT2D eigenvalue weighted by Crippen LogP contribution is 2.49. The number of aromatic nitrogens is 4. The van der Waals surface area contributed by atoms with Crippen LogP contribution in [0.5, 0.6) is 0 Å². The van der Waals surface area contributed by atoms with Crippen molar-refractivity contribution in [2.75, 3.05) is 0 Å². The summed E-state index contributed by atoms with van der Waals surface area (Å²) in [5.74, 6) is 1.87. The molecule has 9 aromatic carbocycles. The molecule has 2 heterocycles. The van der Waals surface area contributed by atoms with Crippen molar-refractivity contribution in [2.45, 2.75) is 19.3 Å². The van der Waals surface area contributed by atoms with Crippen LogP contribution in [0.1, 0.15) is 25.0 Å². The van der Waals surface area contributed by atoms with Crippen molar-refractivity contribution < 1.29 is 0 Å². The largest absolute Gasteiger partial charge is 0.309 e. The molecule has 1 aliphatic rings. The van der Waals surface area contributed by atoms with Gasteiger partial charge in [-0.1, -0.05) is 208 Å². The van der Waals surface area contributed by atoms with Gasteiger partial charge in [0.15, 0.2) is 17.5 Å². The van der Waals surface area contributed by atoms with E-state index in [1.165, 1.54) is 49.7 Å². The smallest absolute Gasteiger partial charge is 0.164 e. The Morgan fingerprint density at radius 1 is 0.312 bits per heavy atom. The van der Waals surface area contributed by atoms with E-state index in [0.717, 1.165) is 50.1 Å². The van der Waals surface area contributed by atoms with Gasteiger partial charge < -0.3 is 4.57 Å². The van der Waals surface area contributed by atoms with Gasteiger partial charge in [-0.2, -0.15) is 0 Å². The van der Waals surface area contributed by atoms with Crippen LogP contribution in [0.15, 0.2) is 218 Å². The molecule has 11 aromatic rings. The lowest BCUT2D eigenvalue weighted by molar-refractivity contribution is 0.660. The first kappa shape index (κ1) is 37.5. The van der Waals surface area contributed by atoms with Crippen LogP contribution in [0.4, 0.5) is 0 Å². The van der Waals surface area contributed by atoms with Crippen LogP contribution in [-0.4, -0.2) is 19.5 Å². The highest BCUT2D eigenvalue weighted by Gasteiger charge is 2.35. The van der Waals surface area contributed by atoms with E-state index in [9.17, 15) is 0 Å². The van der Waals surface area contributed by atoms with E-state index in [1.807, 2.05) is 12.1 Å². The first-order chi connectivity index (χ1) is 31.5. The van der Waals surface area contributed by atoms with E-state index in [1.54, 1.807) is 0 Å². The van der Waals surface area contributed by atoms with Gasteiger partial charge in [0.1, 0.15) is 0 Å². The Bertz CT molecular complexity index is 3530. The lowest BCUT2D eigenvalue weighted by Gasteiger charge is -2.22. The highest BCUT2D eigenvalue weighted by atomic mass is 15.0. The zero-order valence-electron chi connectivity index (χ0n) is 35.6. The molecule has 0 aliphatic heterocycles. The number of hydrogen-bond donors (Lipinski definition) is 0. The summed E-state index contributed by atoms with van der Waals surface area (Å²) in [7, 11) is 0. The minimum atomic E-state index is -0.117. The number of nitrogens with zero attached hydrogens (tertiary/aromatic N) is 4. The second kappa shape index (κ2) is 15.0. The number of para-hydroxylation sites is 1. The standard InChI is InChI=1S/C60H42N4/c1-60(2)53-19-11-9-17-49(53)50-36-34-48(38-54(50)60)64-55-20-12-10-18-51(55)52-35-33-47(37-56(52)64)59-62-57(45-29-25-42(26-30-45)40-15-7-4-8-16-40)61-58(63-59)46-31-27-44(28-32-46)43-23-21-41(22-24-43)39-13-5-3-6-14-39/h3-38H,1-2H3. The van der Waals surface area contributed by atoms with Crippen molar-refractivity contribution in [2.24, 2.45) is 0 Å². The molecule has 302 valence electrons. The van der Waals surface area contributed by atoms with Crippen molar-refractivity contribution in [3.8, 4) is 84.4 Å². The zero-order chi connectivity index (χ0) is 42.8. The molecule has 0 bridgehead atoms. The second-order valence-electron chi connectivity index (χ2n) is 17.3. The Morgan fingerprint density at radius 2 is 0.734 bits per heavy atom. The fourth-order valence-corrected chi connectivity index (χ4v) is 9.72. The summed E-state index contributed by atoms with van der Waals surface area (Å²) in [6.45, 7) is 4.68. The molecule has 0 saturated carbocycles. The summed E-state index contributed by atoms with van der Waals surface area (Å²) < 4.78 is 2.41. The Morgan fingerprint density at radius 3 is 1.31 bits per heavy atom. The molecule has 0 unspecified atom stereocenters. The molecule has 2 aromatic heterocycles. The number of hydrogen-bond acceptors (Lipinski definition) is 3. The van der Waals surface area contributed by atoms with Crippen LogP contribution in [0.3, 0.4) is 0 Å². The van der Waals surface area contributed by atoms with Gasteiger partial charge in [-0.3, -0.25) is 0 Å². The quantitative estimate of drug-likeness (QED) is 0.161. The van der Waals surface area contributed by atoms with Gasteiger partial charge in [0.25, 0.3) is 0 Å². The molecular weight excluding hydrogens is 777 g/mol. The van der Waals surface area contributed by atoms with Gasteiger partial charge in [-0.05, 0) is 79.9 Å². The van der Waals surface area contributed by atoms with Crippen LogP contribution in [-0.2, 0) is 5.41 Å². The monoisotopic (exact) mass is 818 g/mol. The third-order valence-corrected chi connectivity index (χ3v) is 13.1. The first-order valence-corrected chi connectivity index (χ1v) is 21.9. The maximum Gasteiger partial charge on any atom is 0.164 e. The van der Waals surface area contributed by atoms with Crippen LogP contribution in [0.2, 0.25) is 0 Å². The van der Waals surface area contributed by atoms with Crippen molar-refractivity contribution in [3.63, 3.8) is 0 Å². The average Bonchev–Trinajstić information content (AvgIpc) is 3.82. The van der Waals surface area contributed by atoms with Crippen LogP contribution in [0, 0.1) is 0 Å². The Balaban J connectivity index is 0.977. The summed E-state index contributed by atoms with van der Waals surface area (Å²) in [6, 6.07) is 77.9. The lowest BCUT2D eigenvalue weighted by Crippen LogP contribution is -2.15. The lowest BCUT2D eigenvalue weighted by atomic mass is 9.82. The average molecular weight is 819 g/mol. The highest BCUT2D eigenvalue weighted by molar-refractivity contribution is 6.10. The summed E-state index contributed by atoms with van der Waals surface area (Å²) in [5.41, 5.74) is 18.4. The van der Waals surface area contributed by atoms with E-state index < -0.39 is 0 Å². The molecular formula is C60H42N4. The van der Waals surface area contributed by atoms with E-state index in [0.29, 0.717) is 17.5 Å². The van der Waals surface area contributed by atoms with Gasteiger partial charge in [0.2, 0.25) is 0 Å². The molecule has 0 atom stereocenters. The second-order valence-corrected chi connectivity index (χ2v) is 17.3. The molecule has 0 N–H and O–H groups in total. The zero-order valence-corrected chi connectivity index (χ0v) is 35.6. The molecule has 0 spiro atoms. The maximum atomic E-state index is 5.23. The van der Waals surface area contributed by atoms with Gasteiger partial charge in [-0.25, -0.2) is 15.0 Å². The molecule has 0 fully saturated rings. The van der Waals surface area contributed by atoms with Crippen molar-refractivity contribution in [1.82, 2.24) is 19.5 Å². The predicted molar refractivity (Wildman–Crippen MR) is 264 cm³/mol. The van der Waals surface area contributed by atoms with Crippen LogP contribution in [0.25, 0.3) is 106 Å². The van der Waals surface area contributed by atoms with Crippen molar-refractivity contribution >= 4 is 21.8 Å². The molecule has 4 heteroatoms. The Kier molecular flexibility index (Phi) is 8.80. The molecule has 12 rings (SSSR count). The molecule has 1 aliphatic carbocycles. The summed E-state index contributed by atoms with van der Waals surface area (Å²) >= 11 is 0. The Hall–Kier alpha value is -8.21. The summed E-state index contributed by atoms with van der Waals surface area (Å²) in [4.78, 5) is 15.6. The number of fused-ring (bicyclic) bond motifs is 6. The minimum Gasteiger partial charge on any atom is -0.309 e. The van der Waals surface area contributed by atoms with Crippen LogP contribution < -0.4 is 0 Å². The third-order valence-electron chi connectivity index (χ3n) is 13.1. The van der Waals surface area contributed by atoms with Gasteiger partial charge >= 0.3 is 0 Å². The molecule has 0 radical (unpaired) electrons. The minimum absolute atomic E-state index is 0.117. The SMILES string of the molecule is CC1(C)c2ccccc2-c2ccc(-n3c4ccccc4c4ccc(-c5nc(-c6ccc(-c7ccccc7)cc6)nc(-c6ccc(-c7ccc(-c8ccccc8)cc7)cc6)n5)cc43)cc21. The van der Waals surface area contributed by atoms with Gasteiger partial charge in [0, 0.05) is 38.6 Å². The fraction of sp³-hybridized carbons (Fsp3) is 0.0500. The van der Waals surface area contributed by atoms with E-state index in [-0.39, 0.29) is 5.41 Å². The number of rotatable bonds is 7. The van der Waals surface area contributed by atoms with Crippen molar-refractivity contribution in [1.29, 1.82) is 0 Å². The molecule has 0 amide bonds. The normalized spacial score (nSPS) is 12.7. The fourth-order valence-electron chi connectivity index (χ4n) is 9.72. The Labute approximate surface area is 372 Å². The molecule has 0 saturated heterocycles. The first-order valence-electron chi connectivity index (χ1n) is 21.9. The van der Waals surface area contributed by atoms with Crippen molar-refractivity contribution in [3.05, 3.63) is 230 Å². The topological polar surface area (TPSA) is 43.6 Å². The number of benzene rings is 9. The maximum absolute atomic E-state index is 5.23. The molecule has 4 nitrogen and oxygen atoms in total. The van der Waals surface area contributed by atoms with E-state index in [2.05, 4.69) is 225 Å². The third kappa shape index (κ3) is 6.34. The summed E-state index contributed by atoms with van der Waals surface area (Å²) in [6.07, 6.45) is 0. The predicted octanol–water partition coefficient (Wildman–Crippen LogP) is 15.3. The van der Waals surface area contributed by atoms with Gasteiger partial charge in [0.05, 0.1) is 11.0 Å². The van der Waals surface area contributed by atoms with E-state index in [4.69, 9.17) is 15.0 Å².